The van der Waals surface area contributed by atoms with Crippen molar-refractivity contribution in [2.45, 2.75) is 5.03 Å². The van der Waals surface area contributed by atoms with Crippen LogP contribution in [0.25, 0.3) is 14.9 Å². The first-order chi connectivity index (χ1) is 6.77. The molecule has 1 unspecified atom stereocenters. The van der Waals surface area contributed by atoms with E-state index in [9.17, 15) is 0 Å². The maximum absolute atomic E-state index is 4.25. The lowest BCUT2D eigenvalue weighted by Gasteiger charge is -1.95. The summed E-state index contributed by atoms with van der Waals surface area (Å²) in [5, 5.41) is 3.30. The molecule has 2 aromatic rings. The van der Waals surface area contributed by atoms with Crippen molar-refractivity contribution in [2.24, 2.45) is 0 Å². The summed E-state index contributed by atoms with van der Waals surface area (Å²) < 4.78 is 3.21. The van der Waals surface area contributed by atoms with Gasteiger partial charge in [0.2, 0.25) is 0 Å². The van der Waals surface area contributed by atoms with Crippen LogP contribution in [0.5, 0.6) is 0 Å². The quantitative estimate of drug-likeness (QED) is 0.233. The minimum atomic E-state index is -0.0987. The lowest BCUT2D eigenvalue weighted by atomic mass is 10.5. The van der Waals surface area contributed by atoms with Crippen molar-refractivity contribution in [1.82, 2.24) is 15.0 Å². The van der Waals surface area contributed by atoms with E-state index in [0.29, 0.717) is 0 Å². The van der Waals surface area contributed by atoms with Crippen LogP contribution < -0.4 is 28.5 Å². The number of hydrogen-bond acceptors (Lipinski definition) is 2. The van der Waals surface area contributed by atoms with Gasteiger partial charge in [-0.1, -0.05) is 16.4 Å². The minimum absolute atomic E-state index is 0. The molecular weight excluding hydrogens is 438 g/mol. The Morgan fingerprint density at radius 2 is 2.27 bits per heavy atom. The summed E-state index contributed by atoms with van der Waals surface area (Å²) in [5.41, 5.74) is 1.76. The van der Waals surface area contributed by atoms with E-state index in [-0.39, 0.29) is 34.5 Å². The first-order valence-corrected chi connectivity index (χ1v) is 6.45. The Balaban J connectivity index is 0.000000853. The molecule has 0 aliphatic carbocycles. The van der Waals surface area contributed by atoms with Crippen LogP contribution in [0.1, 0.15) is 0 Å². The van der Waals surface area contributed by atoms with Gasteiger partial charge in [-0.3, -0.25) is 0 Å². The van der Waals surface area contributed by atoms with E-state index in [1.165, 1.54) is 0 Å². The molecule has 1 atom stereocenters. The third-order valence-corrected chi connectivity index (χ3v) is 4.72. The van der Waals surface area contributed by atoms with E-state index in [0.717, 1.165) is 19.9 Å². The molecule has 1 aliphatic rings. The SMILES string of the molecule is C=S1C=C(I)[n+]2cnc3nc[nH]c3c21.[I-]. The molecular formula is C8H6I2N4S. The van der Waals surface area contributed by atoms with Crippen LogP contribution >= 0.6 is 33.1 Å². The van der Waals surface area contributed by atoms with Crippen molar-refractivity contribution in [3.8, 4) is 0 Å². The molecule has 0 saturated carbocycles. The monoisotopic (exact) mass is 444 g/mol. The van der Waals surface area contributed by atoms with Gasteiger partial charge in [0.05, 0.1) is 6.33 Å². The second-order valence-corrected chi connectivity index (χ2v) is 5.48. The fourth-order valence-corrected chi connectivity index (χ4v) is 4.19. The molecule has 2 aromatic heterocycles. The summed E-state index contributed by atoms with van der Waals surface area (Å²) >= 11 is 2.29. The predicted octanol–water partition coefficient (Wildman–Crippen LogP) is -1.49. The van der Waals surface area contributed by atoms with E-state index in [1.807, 2.05) is 0 Å². The molecule has 1 N–H and O–H groups in total. The average Bonchev–Trinajstić information content (AvgIpc) is 2.71. The summed E-state index contributed by atoms with van der Waals surface area (Å²) in [7, 11) is -0.0987. The second kappa shape index (κ2) is 4.09. The first kappa shape index (κ1) is 11.5. The Hall–Kier alpha value is -0.0300. The van der Waals surface area contributed by atoms with E-state index in [1.54, 1.807) is 12.7 Å². The normalized spacial score (nSPS) is 18.5. The highest BCUT2D eigenvalue weighted by Crippen LogP contribution is 2.35. The number of aromatic amines is 1. The van der Waals surface area contributed by atoms with Crippen LogP contribution in [0, 0.1) is 0 Å². The molecule has 0 bridgehead atoms. The van der Waals surface area contributed by atoms with Gasteiger partial charge in [-0.05, 0) is 4.98 Å². The van der Waals surface area contributed by atoms with Gasteiger partial charge in [-0.15, -0.1) is 0 Å². The molecule has 0 saturated heterocycles. The van der Waals surface area contributed by atoms with Crippen LogP contribution in [0.2, 0.25) is 0 Å². The zero-order valence-electron chi connectivity index (χ0n) is 7.44. The zero-order chi connectivity index (χ0) is 9.71. The lowest BCUT2D eigenvalue weighted by Crippen LogP contribution is -3.00. The van der Waals surface area contributed by atoms with E-state index < -0.39 is 0 Å². The van der Waals surface area contributed by atoms with Gasteiger partial charge in [0.15, 0.2) is 14.2 Å². The number of H-pyrrole nitrogens is 1. The fraction of sp³-hybridized carbons (Fsp3) is 0. The molecule has 78 valence electrons. The van der Waals surface area contributed by atoms with Gasteiger partial charge in [-0.25, -0.2) is 0 Å². The number of fused-ring (bicyclic) bond motifs is 3. The third-order valence-electron chi connectivity index (χ3n) is 2.07. The Labute approximate surface area is 119 Å². The van der Waals surface area contributed by atoms with Crippen LogP contribution in [0.4, 0.5) is 0 Å². The molecule has 3 heterocycles. The van der Waals surface area contributed by atoms with Crippen LogP contribution in [0.3, 0.4) is 0 Å². The van der Waals surface area contributed by atoms with Crippen LogP contribution in [-0.4, -0.2) is 20.8 Å². The minimum Gasteiger partial charge on any atom is -1.00 e. The predicted molar refractivity (Wildman–Crippen MR) is 65.4 cm³/mol. The van der Waals surface area contributed by atoms with Gasteiger partial charge in [0, 0.05) is 28.0 Å². The number of aromatic nitrogens is 4. The largest absolute Gasteiger partial charge is 1.00 e. The Kier molecular flexibility index (Phi) is 3.12. The number of rotatable bonds is 0. The summed E-state index contributed by atoms with van der Waals surface area (Å²) in [6.45, 7) is 0. The number of imidazole rings is 1. The molecule has 0 radical (unpaired) electrons. The molecule has 0 spiro atoms. The molecule has 1 aliphatic heterocycles. The molecule has 3 rings (SSSR count). The van der Waals surface area contributed by atoms with Gasteiger partial charge in [-0.2, -0.15) is 9.55 Å². The summed E-state index contributed by atoms with van der Waals surface area (Å²) in [6, 6.07) is 0. The number of halogens is 2. The van der Waals surface area contributed by atoms with Gasteiger partial charge >= 0.3 is 0 Å². The van der Waals surface area contributed by atoms with Crippen molar-refractivity contribution in [3.05, 3.63) is 18.1 Å². The van der Waals surface area contributed by atoms with Gasteiger partial charge < -0.3 is 29.0 Å². The standard InChI is InChI=1S/C8H5IN4S.HI/c1-14-2-5(9)13-4-12-7-6(8(13)14)10-3-11-7;/h2-4H,1H2;1H. The van der Waals surface area contributed by atoms with Crippen molar-refractivity contribution < 1.29 is 28.5 Å². The number of nitrogens with zero attached hydrogens (tertiary/aromatic N) is 3. The molecule has 4 nitrogen and oxygen atoms in total. The average molecular weight is 444 g/mol. The maximum Gasteiger partial charge on any atom is 0.296 e. The highest BCUT2D eigenvalue weighted by molar-refractivity contribution is 14.1. The van der Waals surface area contributed by atoms with Crippen molar-refractivity contribution in [3.63, 3.8) is 0 Å². The third kappa shape index (κ3) is 1.64. The number of nitrogens with one attached hydrogen (secondary N) is 1. The van der Waals surface area contributed by atoms with Gasteiger partial charge in [0.1, 0.15) is 0 Å². The Morgan fingerprint density at radius 3 is 3.07 bits per heavy atom. The van der Waals surface area contributed by atoms with Crippen LogP contribution in [0.15, 0.2) is 23.1 Å². The molecule has 15 heavy (non-hydrogen) atoms. The lowest BCUT2D eigenvalue weighted by molar-refractivity contribution is -0.611. The van der Waals surface area contributed by atoms with Gasteiger partial charge in [0.25, 0.3) is 12.0 Å². The van der Waals surface area contributed by atoms with Crippen molar-refractivity contribution in [2.75, 3.05) is 0 Å². The molecule has 0 fully saturated rings. The smallest absolute Gasteiger partial charge is 0.296 e. The topological polar surface area (TPSA) is 45.5 Å². The van der Waals surface area contributed by atoms with E-state index in [2.05, 4.69) is 53.4 Å². The number of hydrogen-bond donors (Lipinski definition) is 1. The van der Waals surface area contributed by atoms with E-state index >= 15 is 0 Å². The molecule has 7 heteroatoms. The molecule has 0 amide bonds. The van der Waals surface area contributed by atoms with Crippen molar-refractivity contribution in [1.29, 1.82) is 0 Å². The zero-order valence-corrected chi connectivity index (χ0v) is 12.6. The Morgan fingerprint density at radius 1 is 1.47 bits per heavy atom. The first-order valence-electron chi connectivity index (χ1n) is 3.91. The fourth-order valence-electron chi connectivity index (χ4n) is 1.47. The molecule has 0 aromatic carbocycles. The van der Waals surface area contributed by atoms with Crippen LogP contribution in [-0.2, 0) is 0 Å². The second-order valence-electron chi connectivity index (χ2n) is 2.89. The summed E-state index contributed by atoms with van der Waals surface area (Å²) in [4.78, 5) is 11.5. The Bertz CT molecular complexity index is 589. The highest BCUT2D eigenvalue weighted by atomic mass is 127. The maximum atomic E-state index is 4.25. The van der Waals surface area contributed by atoms with E-state index in [4.69, 9.17) is 0 Å². The highest BCUT2D eigenvalue weighted by Gasteiger charge is 2.25. The summed E-state index contributed by atoms with van der Waals surface area (Å²) in [5.74, 6) is 4.11. The summed E-state index contributed by atoms with van der Waals surface area (Å²) in [6.07, 6.45) is 3.47. The van der Waals surface area contributed by atoms with Crippen molar-refractivity contribution >= 4 is 53.8 Å².